The maximum atomic E-state index is 10.9. The fraction of sp³-hybridized carbons (Fsp3) is 1.00. The van der Waals surface area contributed by atoms with Gasteiger partial charge in [-0.05, 0) is 18.2 Å². The first-order chi connectivity index (χ1) is 4.12. The molecular formula is C4H10ClO2PS. The van der Waals surface area contributed by atoms with E-state index in [1.807, 2.05) is 6.92 Å². The lowest BCUT2D eigenvalue weighted by molar-refractivity contribution is 0.356. The summed E-state index contributed by atoms with van der Waals surface area (Å²) in [7, 11) is 0. The maximum Gasteiger partial charge on any atom is 0.346 e. The van der Waals surface area contributed by atoms with Crippen LogP contribution >= 0.6 is 28.5 Å². The van der Waals surface area contributed by atoms with Crippen LogP contribution in [0.4, 0.5) is 0 Å². The Kier molecular flexibility index (Phi) is 5.04. The first kappa shape index (κ1) is 9.83. The smallest absolute Gasteiger partial charge is 0.310 e. The lowest BCUT2D eigenvalue weighted by atomic mass is 10.9. The van der Waals surface area contributed by atoms with E-state index in [1.165, 1.54) is 0 Å². The van der Waals surface area contributed by atoms with E-state index in [0.717, 1.165) is 17.1 Å². The highest BCUT2D eigenvalue weighted by Crippen LogP contribution is 2.63. The first-order valence-electron chi connectivity index (χ1n) is 2.71. The van der Waals surface area contributed by atoms with Gasteiger partial charge in [-0.25, -0.2) is 0 Å². The monoisotopic (exact) mass is 188 g/mol. The second-order valence-electron chi connectivity index (χ2n) is 1.27. The molecule has 0 saturated heterocycles. The van der Waals surface area contributed by atoms with Crippen LogP contribution in [0.3, 0.4) is 0 Å². The standard InChI is InChI=1S/C4H10ClO2PS/c1-3-7-8(5,6)9-4-2/h3-4H2,1-2H3. The Morgan fingerprint density at radius 1 is 1.67 bits per heavy atom. The van der Waals surface area contributed by atoms with Crippen molar-refractivity contribution in [3.63, 3.8) is 0 Å². The number of halogens is 1. The molecule has 0 spiro atoms. The molecule has 0 aliphatic heterocycles. The molecule has 0 bridgehead atoms. The highest BCUT2D eigenvalue weighted by Gasteiger charge is 2.16. The summed E-state index contributed by atoms with van der Waals surface area (Å²) < 4.78 is 15.7. The van der Waals surface area contributed by atoms with Crippen molar-refractivity contribution in [1.82, 2.24) is 0 Å². The summed E-state index contributed by atoms with van der Waals surface area (Å²) in [5.41, 5.74) is 0. The van der Waals surface area contributed by atoms with Crippen molar-refractivity contribution in [2.24, 2.45) is 0 Å². The highest BCUT2D eigenvalue weighted by molar-refractivity contribution is 8.63. The Hall–Kier alpha value is 0.830. The second-order valence-corrected chi connectivity index (χ2v) is 7.37. The van der Waals surface area contributed by atoms with Gasteiger partial charge in [0.05, 0.1) is 6.61 Å². The van der Waals surface area contributed by atoms with Gasteiger partial charge in [0.25, 0.3) is 0 Å². The molecule has 0 rings (SSSR count). The van der Waals surface area contributed by atoms with Crippen molar-refractivity contribution in [1.29, 1.82) is 0 Å². The minimum Gasteiger partial charge on any atom is -0.310 e. The van der Waals surface area contributed by atoms with Gasteiger partial charge in [0.1, 0.15) is 0 Å². The summed E-state index contributed by atoms with van der Waals surface area (Å²) in [6, 6.07) is 0. The van der Waals surface area contributed by atoms with Gasteiger partial charge in [0.15, 0.2) is 0 Å². The zero-order valence-corrected chi connectivity index (χ0v) is 7.93. The maximum absolute atomic E-state index is 10.9. The lowest BCUT2D eigenvalue weighted by Gasteiger charge is -2.05. The predicted molar refractivity (Wildman–Crippen MR) is 43.2 cm³/mol. The van der Waals surface area contributed by atoms with E-state index in [2.05, 4.69) is 0 Å². The topological polar surface area (TPSA) is 26.3 Å². The third kappa shape index (κ3) is 5.28. The fourth-order valence-corrected chi connectivity index (χ4v) is 3.67. The Bertz CT molecular complexity index is 109. The molecule has 1 atom stereocenters. The zero-order valence-electron chi connectivity index (χ0n) is 5.46. The Morgan fingerprint density at radius 2 is 2.22 bits per heavy atom. The van der Waals surface area contributed by atoms with Crippen LogP contribution in [0.25, 0.3) is 0 Å². The van der Waals surface area contributed by atoms with Crippen LogP contribution < -0.4 is 0 Å². The van der Waals surface area contributed by atoms with Crippen LogP contribution in [0.2, 0.25) is 0 Å². The first-order valence-corrected chi connectivity index (χ1v) is 6.83. The van der Waals surface area contributed by atoms with Crippen LogP contribution in [-0.2, 0) is 9.09 Å². The van der Waals surface area contributed by atoms with Gasteiger partial charge >= 0.3 is 5.92 Å². The van der Waals surface area contributed by atoms with E-state index in [4.69, 9.17) is 15.8 Å². The number of hydrogen-bond donors (Lipinski definition) is 0. The molecule has 0 heterocycles. The van der Waals surface area contributed by atoms with Crippen LogP contribution in [0.1, 0.15) is 13.8 Å². The van der Waals surface area contributed by atoms with Crippen LogP contribution in [0.5, 0.6) is 0 Å². The third-order valence-corrected chi connectivity index (χ3v) is 4.89. The Morgan fingerprint density at radius 3 is 2.56 bits per heavy atom. The molecule has 0 saturated carbocycles. The molecule has 5 heteroatoms. The van der Waals surface area contributed by atoms with Gasteiger partial charge in [0.2, 0.25) is 0 Å². The summed E-state index contributed by atoms with van der Waals surface area (Å²) in [6.45, 7) is 4.07. The number of rotatable bonds is 4. The second kappa shape index (κ2) is 4.62. The molecule has 0 amide bonds. The summed E-state index contributed by atoms with van der Waals surface area (Å²) in [6.07, 6.45) is 0. The van der Waals surface area contributed by atoms with Gasteiger partial charge < -0.3 is 4.52 Å². The molecule has 0 radical (unpaired) electrons. The summed E-state index contributed by atoms with van der Waals surface area (Å²) in [5, 5.41) is 0. The molecule has 0 N–H and O–H groups in total. The molecule has 0 aromatic carbocycles. The van der Waals surface area contributed by atoms with Crippen molar-refractivity contribution < 1.29 is 9.09 Å². The van der Waals surface area contributed by atoms with Crippen molar-refractivity contribution in [2.45, 2.75) is 13.8 Å². The van der Waals surface area contributed by atoms with Crippen LogP contribution in [0.15, 0.2) is 0 Å². The summed E-state index contributed by atoms with van der Waals surface area (Å²) >= 11 is 6.59. The molecule has 9 heavy (non-hydrogen) atoms. The normalized spacial score (nSPS) is 17.2. The van der Waals surface area contributed by atoms with E-state index in [1.54, 1.807) is 6.92 Å². The van der Waals surface area contributed by atoms with Crippen LogP contribution in [-0.4, -0.2) is 12.4 Å². The molecule has 0 fully saturated rings. The summed E-state index contributed by atoms with van der Waals surface area (Å²) in [4.78, 5) is 0. The van der Waals surface area contributed by atoms with Crippen molar-refractivity contribution in [2.75, 3.05) is 12.4 Å². The predicted octanol–water partition coefficient (Wildman–Crippen LogP) is 3.12. The molecule has 0 aliphatic carbocycles. The lowest BCUT2D eigenvalue weighted by Crippen LogP contribution is -1.79. The molecule has 56 valence electrons. The van der Waals surface area contributed by atoms with Crippen molar-refractivity contribution in [3.05, 3.63) is 0 Å². The molecule has 0 aromatic rings. The minimum absolute atomic E-state index is 0.410. The van der Waals surface area contributed by atoms with Crippen LogP contribution in [0, 0.1) is 0 Å². The van der Waals surface area contributed by atoms with Gasteiger partial charge in [-0.3, -0.25) is 4.57 Å². The van der Waals surface area contributed by atoms with Gasteiger partial charge in [-0.15, -0.1) is 0 Å². The Balaban J connectivity index is 3.58. The van der Waals surface area contributed by atoms with E-state index in [-0.39, 0.29) is 0 Å². The SMILES string of the molecule is CCOP(=O)(Cl)SCC. The third-order valence-electron chi connectivity index (χ3n) is 0.567. The summed E-state index contributed by atoms with van der Waals surface area (Å²) in [5.74, 6) is -2.08. The van der Waals surface area contributed by atoms with E-state index < -0.39 is 5.92 Å². The molecule has 0 aromatic heterocycles. The van der Waals surface area contributed by atoms with E-state index >= 15 is 0 Å². The van der Waals surface area contributed by atoms with E-state index in [0.29, 0.717) is 6.61 Å². The van der Waals surface area contributed by atoms with E-state index in [9.17, 15) is 4.57 Å². The highest BCUT2D eigenvalue weighted by atomic mass is 35.7. The van der Waals surface area contributed by atoms with Gasteiger partial charge in [-0.2, -0.15) is 0 Å². The van der Waals surface area contributed by atoms with Gasteiger partial charge in [0, 0.05) is 5.75 Å². The quantitative estimate of drug-likeness (QED) is 0.634. The minimum atomic E-state index is -2.80. The van der Waals surface area contributed by atoms with Crippen molar-refractivity contribution in [3.8, 4) is 0 Å². The number of hydrogen-bond acceptors (Lipinski definition) is 3. The molecule has 0 aliphatic rings. The molecule has 1 unspecified atom stereocenters. The Labute approximate surface area is 64.3 Å². The molecule has 2 nitrogen and oxygen atoms in total. The average Bonchev–Trinajstić information content (AvgIpc) is 1.64. The fourth-order valence-electron chi connectivity index (χ4n) is 0.346. The average molecular weight is 189 g/mol. The van der Waals surface area contributed by atoms with Crippen molar-refractivity contribution >= 4 is 28.5 Å². The molecular weight excluding hydrogens is 179 g/mol. The zero-order chi connectivity index (χ0) is 7.33. The largest absolute Gasteiger partial charge is 0.346 e. The van der Waals surface area contributed by atoms with Gasteiger partial charge in [-0.1, -0.05) is 18.3 Å².